The molecule has 3 saturated heterocycles. The smallest absolute Gasteiger partial charge is 0.226 e. The van der Waals surface area contributed by atoms with Crippen LogP contribution in [0.15, 0.2) is 0 Å². The van der Waals surface area contributed by atoms with Gasteiger partial charge >= 0.3 is 0 Å². The predicted molar refractivity (Wildman–Crippen MR) is 140 cm³/mol. The molecule has 5 rings (SSSR count). The first-order valence-corrected chi connectivity index (χ1v) is 15.2. The van der Waals surface area contributed by atoms with Crippen LogP contribution in [0.5, 0.6) is 0 Å². The van der Waals surface area contributed by atoms with Gasteiger partial charge < -0.3 is 20.3 Å². The van der Waals surface area contributed by atoms with E-state index in [4.69, 9.17) is 4.74 Å². The molecule has 0 aromatic rings. The van der Waals surface area contributed by atoms with Gasteiger partial charge in [0.15, 0.2) is 0 Å². The average Bonchev–Trinajstić information content (AvgIpc) is 3.30. The zero-order chi connectivity index (χ0) is 24.4. The molecule has 2 amide bonds. The Hall–Kier alpha value is -0.830. The second kappa shape index (κ2) is 11.7. The fourth-order valence-corrected chi connectivity index (χ4v) is 9.03. The fraction of sp³-hybridized carbons (Fsp3) is 0.926. The average molecular weight is 507 g/mol. The van der Waals surface area contributed by atoms with Crippen LogP contribution in [0, 0.1) is 23.7 Å². The fourth-order valence-electron chi connectivity index (χ4n) is 7.58. The van der Waals surface area contributed by atoms with Crippen molar-refractivity contribution >= 4 is 23.6 Å². The van der Waals surface area contributed by atoms with Gasteiger partial charge in [-0.15, -0.1) is 11.8 Å². The van der Waals surface area contributed by atoms with Gasteiger partial charge in [-0.3, -0.25) is 14.9 Å². The Labute approximate surface area is 215 Å². The number of hydrogen-bond donors (Lipinski definition) is 3. The molecule has 8 heteroatoms. The zero-order valence-electron chi connectivity index (χ0n) is 21.7. The summed E-state index contributed by atoms with van der Waals surface area (Å²) in [4.78, 5) is 28.8. The van der Waals surface area contributed by atoms with Gasteiger partial charge in [0.25, 0.3) is 0 Å². The molecule has 2 aliphatic carbocycles. The van der Waals surface area contributed by atoms with E-state index < -0.39 is 0 Å². The number of nitrogens with zero attached hydrogens (tertiary/aromatic N) is 1. The third-order valence-corrected chi connectivity index (χ3v) is 10.9. The van der Waals surface area contributed by atoms with E-state index >= 15 is 0 Å². The van der Waals surface area contributed by atoms with Crippen molar-refractivity contribution < 1.29 is 14.3 Å². The number of likely N-dealkylation sites (tertiary alicyclic amines) is 1. The Balaban J connectivity index is 1.17. The molecular formula is C27H46N4O3S. The minimum atomic E-state index is -0.0631. The standard InChI is InChI=1S/C27H46N4O3S/c1-17-14-20(19-10-6-7-11-23(19)34-2)21(15-28-17)25(32)30-27-29-22-12-13-31(16-24(22)35-27)26(33)18-8-4-3-5-9-18/h17-24,27-29H,3-16H2,1-2H3,(H,30,32). The van der Waals surface area contributed by atoms with Gasteiger partial charge in [0.1, 0.15) is 5.50 Å². The van der Waals surface area contributed by atoms with Crippen molar-refractivity contribution in [2.24, 2.45) is 23.7 Å². The summed E-state index contributed by atoms with van der Waals surface area (Å²) in [6.07, 6.45) is 12.9. The molecule has 0 spiro atoms. The van der Waals surface area contributed by atoms with Crippen LogP contribution in [-0.2, 0) is 14.3 Å². The lowest BCUT2D eigenvalue weighted by molar-refractivity contribution is -0.137. The summed E-state index contributed by atoms with van der Waals surface area (Å²) < 4.78 is 5.89. The summed E-state index contributed by atoms with van der Waals surface area (Å²) in [6.45, 7) is 4.65. The van der Waals surface area contributed by atoms with Crippen LogP contribution in [0.3, 0.4) is 0 Å². The van der Waals surface area contributed by atoms with Gasteiger partial charge in [0.05, 0.1) is 12.0 Å². The molecular weight excluding hydrogens is 460 g/mol. The van der Waals surface area contributed by atoms with E-state index in [0.29, 0.717) is 35.1 Å². The van der Waals surface area contributed by atoms with Gasteiger partial charge in [0, 0.05) is 50.0 Å². The Morgan fingerprint density at radius 1 is 1.00 bits per heavy atom. The van der Waals surface area contributed by atoms with Crippen LogP contribution >= 0.6 is 11.8 Å². The summed E-state index contributed by atoms with van der Waals surface area (Å²) in [6, 6.07) is 0.815. The number of amides is 2. The lowest BCUT2D eigenvalue weighted by Gasteiger charge is -2.44. The second-order valence-electron chi connectivity index (χ2n) is 11.8. The first-order chi connectivity index (χ1) is 17.0. The number of nitrogens with one attached hydrogen (secondary N) is 3. The lowest BCUT2D eigenvalue weighted by atomic mass is 9.68. The number of piperidine rings is 2. The highest BCUT2D eigenvalue weighted by molar-refractivity contribution is 8.00. The largest absolute Gasteiger partial charge is 0.381 e. The number of hydrogen-bond acceptors (Lipinski definition) is 6. The van der Waals surface area contributed by atoms with Crippen molar-refractivity contribution in [1.82, 2.24) is 20.9 Å². The third-order valence-electron chi connectivity index (χ3n) is 9.55. The molecule has 8 unspecified atom stereocenters. The van der Waals surface area contributed by atoms with Crippen molar-refractivity contribution in [2.45, 2.75) is 106 Å². The topological polar surface area (TPSA) is 82.7 Å². The van der Waals surface area contributed by atoms with Crippen molar-refractivity contribution in [1.29, 1.82) is 0 Å². The maximum atomic E-state index is 13.6. The Morgan fingerprint density at radius 2 is 1.77 bits per heavy atom. The highest BCUT2D eigenvalue weighted by Crippen LogP contribution is 2.40. The molecule has 198 valence electrons. The number of thioether (sulfide) groups is 1. The normalized spacial score (nSPS) is 40.8. The van der Waals surface area contributed by atoms with Crippen LogP contribution < -0.4 is 16.0 Å². The predicted octanol–water partition coefficient (Wildman–Crippen LogP) is 3.09. The molecule has 0 radical (unpaired) electrons. The van der Waals surface area contributed by atoms with Crippen LogP contribution in [0.25, 0.3) is 0 Å². The van der Waals surface area contributed by atoms with Gasteiger partial charge in [-0.2, -0.15) is 0 Å². The molecule has 5 fully saturated rings. The third kappa shape index (κ3) is 5.86. The van der Waals surface area contributed by atoms with Crippen molar-refractivity contribution in [3.05, 3.63) is 0 Å². The second-order valence-corrected chi connectivity index (χ2v) is 13.1. The van der Waals surface area contributed by atoms with Gasteiger partial charge in [0.2, 0.25) is 11.8 Å². The molecule has 35 heavy (non-hydrogen) atoms. The van der Waals surface area contributed by atoms with E-state index in [1.807, 2.05) is 18.9 Å². The van der Waals surface area contributed by atoms with Crippen LogP contribution in [0.2, 0.25) is 0 Å². The summed E-state index contributed by atoms with van der Waals surface area (Å²) in [5.41, 5.74) is -0.0631. The Bertz CT molecular complexity index is 748. The molecule has 5 aliphatic rings. The van der Waals surface area contributed by atoms with E-state index in [0.717, 1.165) is 51.7 Å². The molecule has 2 saturated carbocycles. The van der Waals surface area contributed by atoms with Crippen molar-refractivity contribution in [3.8, 4) is 0 Å². The molecule has 3 aliphatic heterocycles. The SMILES string of the molecule is COC1CCCCC1C1CC(C)NCC1C(=O)NC1NC2CCN(C(=O)C3CCCCC3)CC2S1. The van der Waals surface area contributed by atoms with Crippen LogP contribution in [0.1, 0.15) is 77.6 Å². The zero-order valence-corrected chi connectivity index (χ0v) is 22.5. The summed E-state index contributed by atoms with van der Waals surface area (Å²) in [7, 11) is 1.84. The summed E-state index contributed by atoms with van der Waals surface area (Å²) in [5, 5.41) is 11.0. The summed E-state index contributed by atoms with van der Waals surface area (Å²) >= 11 is 1.82. The van der Waals surface area contributed by atoms with E-state index in [1.165, 1.54) is 38.5 Å². The van der Waals surface area contributed by atoms with Crippen molar-refractivity contribution in [3.63, 3.8) is 0 Å². The van der Waals surface area contributed by atoms with E-state index in [2.05, 4.69) is 27.8 Å². The number of ether oxygens (including phenoxy) is 1. The highest BCUT2D eigenvalue weighted by Gasteiger charge is 2.45. The molecule has 0 aromatic heterocycles. The number of rotatable bonds is 5. The molecule has 3 heterocycles. The quantitative estimate of drug-likeness (QED) is 0.532. The maximum absolute atomic E-state index is 13.6. The molecule has 3 N–H and O–H groups in total. The van der Waals surface area contributed by atoms with E-state index in [1.54, 1.807) is 0 Å². The number of carbonyl (C=O) groups excluding carboxylic acids is 2. The minimum Gasteiger partial charge on any atom is -0.381 e. The van der Waals surface area contributed by atoms with Gasteiger partial charge in [-0.1, -0.05) is 32.1 Å². The first-order valence-electron chi connectivity index (χ1n) is 14.3. The number of carbonyl (C=O) groups is 2. The molecule has 7 nitrogen and oxygen atoms in total. The highest BCUT2D eigenvalue weighted by atomic mass is 32.2. The lowest BCUT2D eigenvalue weighted by Crippen LogP contribution is -2.55. The Kier molecular flexibility index (Phi) is 8.62. The molecule has 0 aromatic carbocycles. The summed E-state index contributed by atoms with van der Waals surface area (Å²) in [5.74, 6) is 1.62. The molecule has 8 atom stereocenters. The van der Waals surface area contributed by atoms with Crippen molar-refractivity contribution in [2.75, 3.05) is 26.7 Å². The number of methoxy groups -OCH3 is 1. The monoisotopic (exact) mass is 506 g/mol. The van der Waals surface area contributed by atoms with Gasteiger partial charge in [-0.05, 0) is 57.3 Å². The van der Waals surface area contributed by atoms with Crippen LogP contribution in [-0.4, -0.2) is 72.4 Å². The van der Waals surface area contributed by atoms with Crippen LogP contribution in [0.4, 0.5) is 0 Å². The first kappa shape index (κ1) is 25.8. The minimum absolute atomic E-state index is 0.0126. The van der Waals surface area contributed by atoms with E-state index in [9.17, 15) is 9.59 Å². The van der Waals surface area contributed by atoms with Gasteiger partial charge in [-0.25, -0.2) is 0 Å². The number of fused-ring (bicyclic) bond motifs is 1. The maximum Gasteiger partial charge on any atom is 0.226 e. The Morgan fingerprint density at radius 3 is 2.57 bits per heavy atom. The molecule has 0 bridgehead atoms. The van der Waals surface area contributed by atoms with E-state index in [-0.39, 0.29) is 29.3 Å².